The molecule has 1 fully saturated rings. The number of primary sulfonamides is 1. The Morgan fingerprint density at radius 2 is 1.85 bits per heavy atom. The molecule has 2 aromatic carbocycles. The zero-order valence-electron chi connectivity index (χ0n) is 20.2. The number of hydrogen-bond donors (Lipinski definition) is 5. The maximum absolute atomic E-state index is 13.4. The quantitative estimate of drug-likeness (QED) is 0.138. The summed E-state index contributed by atoms with van der Waals surface area (Å²) in [6.45, 7) is 0. The third kappa shape index (κ3) is 5.46. The molecule has 0 amide bonds. The summed E-state index contributed by atoms with van der Waals surface area (Å²) in [4.78, 5) is 13.8. The average Bonchev–Trinajstić information content (AvgIpc) is 3.49. The van der Waals surface area contributed by atoms with Crippen molar-refractivity contribution in [3.8, 4) is 22.5 Å². The van der Waals surface area contributed by atoms with Gasteiger partial charge in [-0.3, -0.25) is 5.73 Å². The van der Waals surface area contributed by atoms with Gasteiger partial charge in [0.15, 0.2) is 16.7 Å². The first kappa shape index (κ1) is 28.8. The van der Waals surface area contributed by atoms with Crippen LogP contribution in [0.5, 0.6) is 0 Å². The van der Waals surface area contributed by atoms with E-state index in [9.17, 15) is 34.8 Å². The first-order valence-corrected chi connectivity index (χ1v) is 15.0. The fourth-order valence-corrected chi connectivity index (χ4v) is 8.04. The van der Waals surface area contributed by atoms with Crippen LogP contribution in [0, 0.1) is 0 Å². The highest BCUT2D eigenvalue weighted by Crippen LogP contribution is 2.42. The van der Waals surface area contributed by atoms with E-state index in [4.69, 9.17) is 16.6 Å². The molecule has 5 rings (SSSR count). The molecule has 21 heteroatoms. The summed E-state index contributed by atoms with van der Waals surface area (Å²) >= 11 is 1.17. The Bertz CT molecular complexity index is 1890. The molecule has 0 unspecified atom stereocenters. The van der Waals surface area contributed by atoms with E-state index in [1.807, 2.05) is 0 Å². The standard InChI is InChI=1S/C20H18F3N9O6S3/c21-20(22,23)17(33)38-19(25)6-8(7-19)30-41(36,37)12-5-4-9(10-2-1-3-11-14(10)27-18(24)39-11)13(15(12)40(26,34)35)16-28-31-32-29-16/h1-5,8,30H,6-7,25H2,(H2,24,27)(H2,26,34,35)(H,28,29,31,32)/t8-,19-. The van der Waals surface area contributed by atoms with E-state index < -0.39 is 66.6 Å². The molecule has 1 saturated carbocycles. The molecular weight excluding hydrogens is 615 g/mol. The highest BCUT2D eigenvalue weighted by Gasteiger charge is 2.51. The fourth-order valence-electron chi connectivity index (χ4n) is 4.43. The number of tetrazole rings is 1. The van der Waals surface area contributed by atoms with E-state index in [0.717, 1.165) is 6.07 Å². The van der Waals surface area contributed by atoms with Gasteiger partial charge in [0.05, 0.1) is 15.8 Å². The molecule has 8 N–H and O–H groups in total. The number of ether oxygens (including phenoxy) is 1. The van der Waals surface area contributed by atoms with Gasteiger partial charge in [-0.15, -0.1) is 5.10 Å². The smallest absolute Gasteiger partial charge is 0.437 e. The molecule has 2 aromatic heterocycles. The van der Waals surface area contributed by atoms with Crippen LogP contribution in [0.4, 0.5) is 18.3 Å². The number of H-pyrrole nitrogens is 1. The van der Waals surface area contributed by atoms with Crippen LogP contribution in [0.1, 0.15) is 12.8 Å². The van der Waals surface area contributed by atoms with E-state index in [1.165, 1.54) is 17.4 Å². The van der Waals surface area contributed by atoms with Crippen molar-refractivity contribution in [1.29, 1.82) is 0 Å². The predicted octanol–water partition coefficient (Wildman–Crippen LogP) is 0.574. The number of sulfonamides is 2. The lowest BCUT2D eigenvalue weighted by molar-refractivity contribution is -0.222. The number of halogens is 3. The number of aromatic nitrogens is 5. The zero-order chi connectivity index (χ0) is 30.0. The van der Waals surface area contributed by atoms with Crippen molar-refractivity contribution in [3.63, 3.8) is 0 Å². The summed E-state index contributed by atoms with van der Waals surface area (Å²) in [6, 6.07) is 6.15. The van der Waals surface area contributed by atoms with E-state index in [0.29, 0.717) is 15.8 Å². The second kappa shape index (κ2) is 9.66. The van der Waals surface area contributed by atoms with Gasteiger partial charge in [0.2, 0.25) is 20.0 Å². The number of nitrogens with two attached hydrogens (primary N) is 3. The van der Waals surface area contributed by atoms with Crippen LogP contribution >= 0.6 is 11.3 Å². The Morgan fingerprint density at radius 3 is 2.46 bits per heavy atom. The molecule has 1 aliphatic rings. The maximum Gasteiger partial charge on any atom is 0.490 e. The number of alkyl halides is 3. The lowest BCUT2D eigenvalue weighted by atomic mass is 9.84. The van der Waals surface area contributed by atoms with E-state index >= 15 is 0 Å². The van der Waals surface area contributed by atoms with Crippen LogP contribution in [-0.4, -0.2) is 66.4 Å². The third-order valence-corrected chi connectivity index (χ3v) is 9.57. The molecule has 0 atom stereocenters. The number of para-hydroxylation sites is 1. The molecule has 15 nitrogen and oxygen atoms in total. The van der Waals surface area contributed by atoms with Gasteiger partial charge in [0.25, 0.3) is 0 Å². The number of nitrogens with one attached hydrogen (secondary N) is 2. The number of carbonyl (C=O) groups excluding carboxylic acids is 1. The number of fused-ring (bicyclic) bond motifs is 1. The van der Waals surface area contributed by atoms with Crippen molar-refractivity contribution in [2.45, 2.75) is 40.6 Å². The second-order valence-corrected chi connectivity index (χ2v) is 13.2. The summed E-state index contributed by atoms with van der Waals surface area (Å²) < 4.78 is 97.5. The SMILES string of the molecule is Nc1nc2c(-c3ccc(S(=O)(=O)N[C@H]4C[C@](N)(OC(=O)C(F)(F)F)C4)c(S(N)(=O)=O)c3-c3nnn[nH]3)cccc2s1. The zero-order valence-corrected chi connectivity index (χ0v) is 22.7. The van der Waals surface area contributed by atoms with Crippen LogP contribution in [0.25, 0.3) is 32.7 Å². The maximum atomic E-state index is 13.4. The second-order valence-electron chi connectivity index (χ2n) is 8.99. The van der Waals surface area contributed by atoms with Crippen molar-refractivity contribution in [3.05, 3.63) is 30.3 Å². The molecule has 2 heterocycles. The Kier molecular flexibility index (Phi) is 6.78. The number of nitrogens with zero attached hydrogens (tertiary/aromatic N) is 4. The monoisotopic (exact) mass is 633 g/mol. The van der Waals surface area contributed by atoms with Gasteiger partial charge < -0.3 is 10.5 Å². The molecule has 4 aromatic rings. The normalized spacial score (nSPS) is 19.7. The number of thiazole rings is 1. The average molecular weight is 634 g/mol. The van der Waals surface area contributed by atoms with Gasteiger partial charge in [0, 0.05) is 24.4 Å². The Hall–Kier alpha value is -3.76. The van der Waals surface area contributed by atoms with Gasteiger partial charge in [-0.25, -0.2) is 41.6 Å². The Morgan fingerprint density at radius 1 is 1.15 bits per heavy atom. The Balaban J connectivity index is 1.59. The molecule has 0 saturated heterocycles. The summed E-state index contributed by atoms with van der Waals surface area (Å²) in [5, 5.41) is 18.8. The first-order valence-electron chi connectivity index (χ1n) is 11.2. The van der Waals surface area contributed by atoms with E-state index in [-0.39, 0.29) is 22.1 Å². The molecule has 0 spiro atoms. The molecule has 0 bridgehead atoms. The molecular formula is C20H18F3N9O6S3. The highest BCUT2D eigenvalue weighted by atomic mass is 32.2. The number of esters is 1. The predicted molar refractivity (Wildman–Crippen MR) is 136 cm³/mol. The van der Waals surface area contributed by atoms with Crippen molar-refractivity contribution in [2.75, 3.05) is 5.73 Å². The Labute approximate surface area is 232 Å². The third-order valence-electron chi connectivity index (χ3n) is 6.04. The van der Waals surface area contributed by atoms with Crippen LogP contribution in [0.15, 0.2) is 40.1 Å². The van der Waals surface area contributed by atoms with Crippen LogP contribution in [0.2, 0.25) is 0 Å². The van der Waals surface area contributed by atoms with Gasteiger partial charge >= 0.3 is 12.1 Å². The summed E-state index contributed by atoms with van der Waals surface area (Å²) in [5.41, 5.74) is 10.0. The summed E-state index contributed by atoms with van der Waals surface area (Å²) in [7, 11) is -9.56. The van der Waals surface area contributed by atoms with E-state index in [2.05, 4.69) is 35.1 Å². The molecule has 218 valence electrons. The number of carbonyl (C=O) groups is 1. The van der Waals surface area contributed by atoms with Gasteiger partial charge in [-0.05, 0) is 28.1 Å². The van der Waals surface area contributed by atoms with Crippen molar-refractivity contribution < 1.29 is 39.5 Å². The molecule has 1 aliphatic carbocycles. The van der Waals surface area contributed by atoms with Crippen LogP contribution < -0.4 is 21.3 Å². The van der Waals surface area contributed by atoms with Crippen molar-refractivity contribution in [2.24, 2.45) is 10.9 Å². The van der Waals surface area contributed by atoms with Crippen molar-refractivity contribution >= 4 is 52.7 Å². The van der Waals surface area contributed by atoms with Crippen LogP contribution in [-0.2, 0) is 29.6 Å². The van der Waals surface area contributed by atoms with Gasteiger partial charge in [-0.2, -0.15) is 13.2 Å². The number of rotatable bonds is 7. The molecule has 41 heavy (non-hydrogen) atoms. The molecule has 0 aliphatic heterocycles. The lowest BCUT2D eigenvalue weighted by Gasteiger charge is -2.43. The van der Waals surface area contributed by atoms with Gasteiger partial charge in [-0.1, -0.05) is 29.5 Å². The van der Waals surface area contributed by atoms with Gasteiger partial charge in [0.1, 0.15) is 9.79 Å². The fraction of sp³-hybridized carbons (Fsp3) is 0.250. The topological polar surface area (TPSA) is 252 Å². The number of anilines is 1. The number of aromatic amines is 1. The minimum Gasteiger partial charge on any atom is -0.437 e. The number of hydrogen-bond acceptors (Lipinski definition) is 13. The highest BCUT2D eigenvalue weighted by molar-refractivity contribution is 7.92. The largest absolute Gasteiger partial charge is 0.490 e. The van der Waals surface area contributed by atoms with Crippen LogP contribution in [0.3, 0.4) is 0 Å². The summed E-state index contributed by atoms with van der Waals surface area (Å²) in [5.74, 6) is -2.78. The number of nitrogen functional groups attached to an aromatic ring is 1. The first-order chi connectivity index (χ1) is 19.0. The minimum atomic E-state index is -5.30. The molecule has 0 radical (unpaired) electrons. The van der Waals surface area contributed by atoms with E-state index in [1.54, 1.807) is 18.2 Å². The van der Waals surface area contributed by atoms with Crippen molar-refractivity contribution in [1.82, 2.24) is 30.3 Å². The lowest BCUT2D eigenvalue weighted by Crippen LogP contribution is -2.63. The summed E-state index contributed by atoms with van der Waals surface area (Å²) in [6.07, 6.45) is -6.35. The minimum absolute atomic E-state index is 0.145. The number of benzene rings is 2.